The average molecular weight is 281 g/mol. The first-order chi connectivity index (χ1) is 9.27. The van der Waals surface area contributed by atoms with Gasteiger partial charge < -0.3 is 10.2 Å². The normalized spacial score (nSPS) is 16.5. The number of nitrogens with zero attached hydrogens (tertiary/aromatic N) is 1. The lowest BCUT2D eigenvalue weighted by molar-refractivity contribution is -0.130. The Kier molecular flexibility index (Phi) is 5.67. The van der Waals surface area contributed by atoms with Gasteiger partial charge in [0.1, 0.15) is 0 Å². The standard InChI is InChI=1S/C15H21ClN2O/c16-14-7-4-3-6-13(14)12-17-9-11-18-10-5-1-2-8-15(18)19/h3-4,6-7,17H,1-2,5,8-12H2. The maximum Gasteiger partial charge on any atom is 0.222 e. The van der Waals surface area contributed by atoms with Crippen molar-refractivity contribution < 1.29 is 4.79 Å². The molecule has 0 unspecified atom stereocenters. The molecule has 1 aliphatic rings. The van der Waals surface area contributed by atoms with Gasteiger partial charge in [-0.3, -0.25) is 4.79 Å². The number of carbonyl (C=O) groups excluding carboxylic acids is 1. The van der Waals surface area contributed by atoms with Crippen LogP contribution in [0.4, 0.5) is 0 Å². The zero-order valence-corrected chi connectivity index (χ0v) is 12.0. The molecule has 104 valence electrons. The van der Waals surface area contributed by atoms with E-state index in [2.05, 4.69) is 5.32 Å². The minimum Gasteiger partial charge on any atom is -0.341 e. The average Bonchev–Trinajstić information content (AvgIpc) is 2.62. The van der Waals surface area contributed by atoms with Crippen molar-refractivity contribution in [1.82, 2.24) is 10.2 Å². The van der Waals surface area contributed by atoms with Gasteiger partial charge in [-0.1, -0.05) is 36.2 Å². The third-order valence-corrected chi connectivity index (χ3v) is 3.87. The van der Waals surface area contributed by atoms with Gasteiger partial charge in [-0.15, -0.1) is 0 Å². The second kappa shape index (κ2) is 7.51. The number of amides is 1. The Labute approximate surface area is 119 Å². The van der Waals surface area contributed by atoms with Crippen LogP contribution in [0.15, 0.2) is 24.3 Å². The molecule has 2 rings (SSSR count). The SMILES string of the molecule is O=C1CCCCCN1CCNCc1ccccc1Cl. The van der Waals surface area contributed by atoms with Crippen LogP contribution in [0.3, 0.4) is 0 Å². The van der Waals surface area contributed by atoms with Crippen molar-refractivity contribution >= 4 is 17.5 Å². The molecular formula is C15H21ClN2O. The molecule has 0 bridgehead atoms. The maximum absolute atomic E-state index is 11.8. The number of rotatable bonds is 5. The number of halogens is 1. The summed E-state index contributed by atoms with van der Waals surface area (Å²) in [6.07, 6.45) is 4.07. The van der Waals surface area contributed by atoms with E-state index in [4.69, 9.17) is 11.6 Å². The Hall–Kier alpha value is -1.06. The summed E-state index contributed by atoms with van der Waals surface area (Å²) in [5, 5.41) is 4.14. The Morgan fingerprint density at radius 1 is 1.21 bits per heavy atom. The minimum absolute atomic E-state index is 0.303. The monoisotopic (exact) mass is 280 g/mol. The molecule has 4 heteroatoms. The number of carbonyl (C=O) groups is 1. The molecule has 3 nitrogen and oxygen atoms in total. The molecular weight excluding hydrogens is 260 g/mol. The number of hydrogen-bond acceptors (Lipinski definition) is 2. The summed E-state index contributed by atoms with van der Waals surface area (Å²) in [5.41, 5.74) is 1.10. The molecule has 0 radical (unpaired) electrons. The van der Waals surface area contributed by atoms with Crippen molar-refractivity contribution in [3.8, 4) is 0 Å². The molecule has 1 amide bonds. The van der Waals surface area contributed by atoms with Gasteiger partial charge in [0.2, 0.25) is 5.91 Å². The van der Waals surface area contributed by atoms with Gasteiger partial charge in [0.05, 0.1) is 0 Å². The summed E-state index contributed by atoms with van der Waals surface area (Å²) in [7, 11) is 0. The molecule has 1 aliphatic heterocycles. The first kappa shape index (κ1) is 14.4. The summed E-state index contributed by atoms with van der Waals surface area (Å²) in [4.78, 5) is 13.8. The summed E-state index contributed by atoms with van der Waals surface area (Å²) in [6.45, 7) is 3.27. The Bertz CT molecular complexity index is 422. The van der Waals surface area contributed by atoms with E-state index in [1.165, 1.54) is 6.42 Å². The largest absolute Gasteiger partial charge is 0.341 e. The van der Waals surface area contributed by atoms with Crippen molar-refractivity contribution in [3.63, 3.8) is 0 Å². The molecule has 1 aromatic rings. The van der Waals surface area contributed by atoms with Crippen molar-refractivity contribution in [2.45, 2.75) is 32.2 Å². The lowest BCUT2D eigenvalue weighted by Crippen LogP contribution is -2.36. The van der Waals surface area contributed by atoms with Crippen molar-refractivity contribution in [3.05, 3.63) is 34.9 Å². The highest BCUT2D eigenvalue weighted by atomic mass is 35.5. The van der Waals surface area contributed by atoms with Gasteiger partial charge in [0.25, 0.3) is 0 Å². The first-order valence-corrected chi connectivity index (χ1v) is 7.37. The van der Waals surface area contributed by atoms with E-state index in [1.807, 2.05) is 29.2 Å². The Morgan fingerprint density at radius 2 is 2.05 bits per heavy atom. The van der Waals surface area contributed by atoms with E-state index in [1.54, 1.807) is 0 Å². The minimum atomic E-state index is 0.303. The van der Waals surface area contributed by atoms with E-state index < -0.39 is 0 Å². The van der Waals surface area contributed by atoms with Crippen LogP contribution in [-0.2, 0) is 11.3 Å². The van der Waals surface area contributed by atoms with E-state index >= 15 is 0 Å². The lowest BCUT2D eigenvalue weighted by atomic mass is 10.2. The van der Waals surface area contributed by atoms with Crippen LogP contribution >= 0.6 is 11.6 Å². The van der Waals surface area contributed by atoms with Crippen LogP contribution in [0, 0.1) is 0 Å². The third kappa shape index (κ3) is 4.51. The molecule has 0 aromatic heterocycles. The summed E-state index contributed by atoms with van der Waals surface area (Å²) in [6, 6.07) is 7.84. The molecule has 19 heavy (non-hydrogen) atoms. The first-order valence-electron chi connectivity index (χ1n) is 6.99. The predicted molar refractivity (Wildman–Crippen MR) is 78.2 cm³/mol. The van der Waals surface area contributed by atoms with Crippen molar-refractivity contribution in [1.29, 1.82) is 0 Å². The van der Waals surface area contributed by atoms with Gasteiger partial charge in [0.15, 0.2) is 0 Å². The molecule has 1 N–H and O–H groups in total. The van der Waals surface area contributed by atoms with Gasteiger partial charge in [-0.05, 0) is 24.5 Å². The molecule has 1 aromatic carbocycles. The molecule has 0 atom stereocenters. The smallest absolute Gasteiger partial charge is 0.222 e. The van der Waals surface area contributed by atoms with Gasteiger partial charge in [-0.25, -0.2) is 0 Å². The van der Waals surface area contributed by atoms with Crippen LogP contribution in [0.5, 0.6) is 0 Å². The van der Waals surface area contributed by atoms with Gasteiger partial charge in [0, 0.05) is 37.6 Å². The van der Waals surface area contributed by atoms with Gasteiger partial charge in [-0.2, -0.15) is 0 Å². The molecule has 0 aliphatic carbocycles. The quantitative estimate of drug-likeness (QED) is 0.841. The Balaban J connectivity index is 1.71. The van der Waals surface area contributed by atoms with Crippen molar-refractivity contribution in [2.24, 2.45) is 0 Å². The topological polar surface area (TPSA) is 32.3 Å². The number of likely N-dealkylation sites (tertiary alicyclic amines) is 1. The fourth-order valence-corrected chi connectivity index (χ4v) is 2.56. The number of hydrogen-bond donors (Lipinski definition) is 1. The lowest BCUT2D eigenvalue weighted by Gasteiger charge is -2.20. The molecule has 1 heterocycles. The third-order valence-electron chi connectivity index (χ3n) is 3.50. The molecule has 1 fully saturated rings. The van der Waals surface area contributed by atoms with Gasteiger partial charge >= 0.3 is 0 Å². The summed E-state index contributed by atoms with van der Waals surface area (Å²) < 4.78 is 0. The van der Waals surface area contributed by atoms with Crippen LogP contribution in [0.25, 0.3) is 0 Å². The van der Waals surface area contributed by atoms with Crippen LogP contribution in [-0.4, -0.2) is 30.4 Å². The highest BCUT2D eigenvalue weighted by Crippen LogP contribution is 2.14. The fourth-order valence-electron chi connectivity index (χ4n) is 2.35. The predicted octanol–water partition coefficient (Wildman–Crippen LogP) is 2.83. The molecule has 0 saturated carbocycles. The van der Waals surface area contributed by atoms with E-state index in [0.717, 1.165) is 49.6 Å². The number of benzene rings is 1. The van der Waals surface area contributed by atoms with E-state index in [9.17, 15) is 4.79 Å². The second-order valence-corrected chi connectivity index (χ2v) is 5.37. The van der Waals surface area contributed by atoms with E-state index in [-0.39, 0.29) is 0 Å². The summed E-state index contributed by atoms with van der Waals surface area (Å²) in [5.74, 6) is 0.303. The zero-order valence-electron chi connectivity index (χ0n) is 11.2. The maximum atomic E-state index is 11.8. The Morgan fingerprint density at radius 3 is 2.89 bits per heavy atom. The highest BCUT2D eigenvalue weighted by molar-refractivity contribution is 6.31. The fraction of sp³-hybridized carbons (Fsp3) is 0.533. The second-order valence-electron chi connectivity index (χ2n) is 4.96. The molecule has 1 saturated heterocycles. The van der Waals surface area contributed by atoms with Crippen molar-refractivity contribution in [2.75, 3.05) is 19.6 Å². The zero-order chi connectivity index (χ0) is 13.5. The number of nitrogens with one attached hydrogen (secondary N) is 1. The van der Waals surface area contributed by atoms with Crippen LogP contribution in [0.2, 0.25) is 5.02 Å². The van der Waals surface area contributed by atoms with Crippen LogP contribution < -0.4 is 5.32 Å². The van der Waals surface area contributed by atoms with Crippen LogP contribution in [0.1, 0.15) is 31.2 Å². The highest BCUT2D eigenvalue weighted by Gasteiger charge is 2.15. The van der Waals surface area contributed by atoms with E-state index in [0.29, 0.717) is 12.3 Å². The molecule has 0 spiro atoms. The summed E-state index contributed by atoms with van der Waals surface area (Å²) >= 11 is 6.09.